The number of tetrazole rings is 1. The smallest absolute Gasteiger partial charge is 0.260 e. The Hall–Kier alpha value is -2.88. The Kier molecular flexibility index (Phi) is 4.93. The molecule has 3 heterocycles. The van der Waals surface area contributed by atoms with E-state index in [1.54, 1.807) is 6.07 Å². The van der Waals surface area contributed by atoms with Gasteiger partial charge in [0.2, 0.25) is 5.82 Å². The number of nitrogens with one attached hydrogen (secondary N) is 1. The Labute approximate surface area is 187 Å². The molecule has 0 radical (unpaired) electrons. The molecular formula is C20H12BrClN6OS. The van der Waals surface area contributed by atoms with E-state index in [1.165, 1.54) is 16.1 Å². The van der Waals surface area contributed by atoms with Crippen LogP contribution in [0.1, 0.15) is 5.82 Å². The van der Waals surface area contributed by atoms with Crippen LogP contribution < -0.4 is 5.56 Å². The predicted octanol–water partition coefficient (Wildman–Crippen LogP) is 4.77. The SMILES string of the molecule is O=c1[nH]c(Cn2nnc(-c3ccc(Br)cc3)n2)nc2scc(-c3ccccc3Cl)c12. The van der Waals surface area contributed by atoms with Crippen molar-refractivity contribution in [2.45, 2.75) is 6.54 Å². The second-order valence-electron chi connectivity index (χ2n) is 6.47. The Morgan fingerprint density at radius 1 is 1.10 bits per heavy atom. The van der Waals surface area contributed by atoms with Crippen molar-refractivity contribution >= 4 is 49.1 Å². The highest BCUT2D eigenvalue weighted by Gasteiger charge is 2.15. The van der Waals surface area contributed by atoms with E-state index in [0.29, 0.717) is 26.9 Å². The number of rotatable bonds is 4. The maximum atomic E-state index is 12.8. The summed E-state index contributed by atoms with van der Waals surface area (Å²) < 4.78 is 0.973. The molecule has 148 valence electrons. The summed E-state index contributed by atoms with van der Waals surface area (Å²) in [7, 11) is 0. The molecule has 3 aromatic heterocycles. The summed E-state index contributed by atoms with van der Waals surface area (Å²) in [5, 5.41) is 15.6. The number of fused-ring (bicyclic) bond motifs is 1. The standard InChI is InChI=1S/C20H12BrClN6OS/c21-12-7-5-11(6-8-12)18-25-27-28(26-18)9-16-23-19(29)17-14(10-30-20(17)24-16)13-3-1-2-4-15(13)22/h1-8,10H,9H2,(H,23,24,29). The Morgan fingerprint density at radius 3 is 2.70 bits per heavy atom. The van der Waals surface area contributed by atoms with Crippen LogP contribution in [-0.2, 0) is 6.54 Å². The van der Waals surface area contributed by atoms with E-state index in [1.807, 2.05) is 47.8 Å². The van der Waals surface area contributed by atoms with Crippen LogP contribution in [0.4, 0.5) is 0 Å². The van der Waals surface area contributed by atoms with E-state index in [4.69, 9.17) is 11.6 Å². The Morgan fingerprint density at radius 2 is 1.90 bits per heavy atom. The maximum Gasteiger partial charge on any atom is 0.260 e. The van der Waals surface area contributed by atoms with Gasteiger partial charge in [-0.05, 0) is 35.5 Å². The van der Waals surface area contributed by atoms with Crippen molar-refractivity contribution in [3.63, 3.8) is 0 Å². The molecule has 1 N–H and O–H groups in total. The predicted molar refractivity (Wildman–Crippen MR) is 121 cm³/mol. The summed E-state index contributed by atoms with van der Waals surface area (Å²) in [6.07, 6.45) is 0. The van der Waals surface area contributed by atoms with Crippen molar-refractivity contribution in [2.24, 2.45) is 0 Å². The van der Waals surface area contributed by atoms with Gasteiger partial charge in [-0.15, -0.1) is 21.5 Å². The maximum absolute atomic E-state index is 12.8. The van der Waals surface area contributed by atoms with Crippen molar-refractivity contribution in [2.75, 3.05) is 0 Å². The molecule has 7 nitrogen and oxygen atoms in total. The van der Waals surface area contributed by atoms with E-state index >= 15 is 0 Å². The fourth-order valence-corrected chi connectivity index (χ4v) is 4.56. The third-order valence-corrected chi connectivity index (χ3v) is 6.23. The molecule has 0 aliphatic heterocycles. The van der Waals surface area contributed by atoms with Crippen LogP contribution in [-0.4, -0.2) is 30.2 Å². The van der Waals surface area contributed by atoms with Crippen molar-refractivity contribution < 1.29 is 0 Å². The van der Waals surface area contributed by atoms with Gasteiger partial charge in [-0.25, -0.2) is 4.98 Å². The monoisotopic (exact) mass is 498 g/mol. The molecule has 0 unspecified atom stereocenters. The molecule has 0 atom stereocenters. The van der Waals surface area contributed by atoms with Crippen molar-refractivity contribution in [3.8, 4) is 22.5 Å². The molecule has 0 spiro atoms. The molecule has 0 aliphatic carbocycles. The van der Waals surface area contributed by atoms with Crippen LogP contribution >= 0.6 is 38.9 Å². The van der Waals surface area contributed by atoms with Crippen molar-refractivity contribution in [1.82, 2.24) is 30.2 Å². The largest absolute Gasteiger partial charge is 0.308 e. The summed E-state index contributed by atoms with van der Waals surface area (Å²) in [5.74, 6) is 0.961. The molecule has 2 aromatic carbocycles. The second kappa shape index (κ2) is 7.75. The minimum atomic E-state index is -0.223. The average molecular weight is 500 g/mol. The van der Waals surface area contributed by atoms with Crippen molar-refractivity contribution in [3.05, 3.63) is 79.6 Å². The minimum absolute atomic E-state index is 0.202. The molecule has 0 amide bonds. The van der Waals surface area contributed by atoms with Gasteiger partial charge in [0.1, 0.15) is 17.2 Å². The summed E-state index contributed by atoms with van der Waals surface area (Å²) >= 11 is 11.1. The van der Waals surface area contributed by atoms with E-state index in [2.05, 4.69) is 41.3 Å². The molecular weight excluding hydrogens is 488 g/mol. The van der Waals surface area contributed by atoms with Crippen LogP contribution in [0.3, 0.4) is 0 Å². The zero-order valence-electron chi connectivity index (χ0n) is 15.2. The highest BCUT2D eigenvalue weighted by Crippen LogP contribution is 2.34. The lowest BCUT2D eigenvalue weighted by molar-refractivity contribution is 0.555. The van der Waals surface area contributed by atoms with Gasteiger partial charge in [0.05, 0.1) is 5.39 Å². The molecule has 30 heavy (non-hydrogen) atoms. The molecule has 0 bridgehead atoms. The lowest BCUT2D eigenvalue weighted by atomic mass is 10.1. The first-order valence-electron chi connectivity index (χ1n) is 8.87. The van der Waals surface area contributed by atoms with Crippen LogP contribution in [0.2, 0.25) is 5.02 Å². The molecule has 5 aromatic rings. The molecule has 0 aliphatic rings. The fraction of sp³-hybridized carbons (Fsp3) is 0.0500. The third kappa shape index (κ3) is 3.55. The van der Waals surface area contributed by atoms with Crippen LogP contribution in [0.15, 0.2) is 63.2 Å². The van der Waals surface area contributed by atoms with Gasteiger partial charge in [-0.1, -0.05) is 45.7 Å². The minimum Gasteiger partial charge on any atom is -0.308 e. The third-order valence-electron chi connectivity index (χ3n) is 4.50. The van der Waals surface area contributed by atoms with E-state index in [-0.39, 0.29) is 12.1 Å². The summed E-state index contributed by atoms with van der Waals surface area (Å²) in [5.41, 5.74) is 2.21. The van der Waals surface area contributed by atoms with Gasteiger partial charge in [-0.3, -0.25) is 4.79 Å². The number of hydrogen-bond donors (Lipinski definition) is 1. The van der Waals surface area contributed by atoms with Gasteiger partial charge in [0.25, 0.3) is 5.56 Å². The molecule has 0 fully saturated rings. The molecule has 10 heteroatoms. The van der Waals surface area contributed by atoms with Crippen LogP contribution in [0.5, 0.6) is 0 Å². The van der Waals surface area contributed by atoms with Crippen LogP contribution in [0, 0.1) is 0 Å². The zero-order valence-corrected chi connectivity index (χ0v) is 18.4. The quantitative estimate of drug-likeness (QED) is 0.385. The summed E-state index contributed by atoms with van der Waals surface area (Å²) in [4.78, 5) is 22.3. The first kappa shape index (κ1) is 19.1. The molecule has 0 saturated carbocycles. The highest BCUT2D eigenvalue weighted by molar-refractivity contribution is 9.10. The number of thiophene rings is 1. The Bertz CT molecular complexity index is 1430. The van der Waals surface area contributed by atoms with Gasteiger partial charge >= 0.3 is 0 Å². The number of nitrogens with zero attached hydrogens (tertiary/aromatic N) is 5. The summed E-state index contributed by atoms with van der Waals surface area (Å²) in [6.45, 7) is 0.202. The van der Waals surface area contributed by atoms with Crippen LogP contribution in [0.25, 0.3) is 32.7 Å². The van der Waals surface area contributed by atoms with Gasteiger partial charge < -0.3 is 4.98 Å². The molecule has 5 rings (SSSR count). The first-order valence-corrected chi connectivity index (χ1v) is 10.9. The topological polar surface area (TPSA) is 89.4 Å². The van der Waals surface area contributed by atoms with E-state index in [9.17, 15) is 4.79 Å². The lowest BCUT2D eigenvalue weighted by Gasteiger charge is -2.03. The number of halogens is 2. The van der Waals surface area contributed by atoms with Gasteiger partial charge in [0.15, 0.2) is 0 Å². The average Bonchev–Trinajstić information content (AvgIpc) is 3.36. The Balaban J connectivity index is 1.47. The van der Waals surface area contributed by atoms with Gasteiger partial charge in [0, 0.05) is 31.6 Å². The normalized spacial score (nSPS) is 11.3. The number of hydrogen-bond acceptors (Lipinski definition) is 6. The number of aromatic nitrogens is 6. The highest BCUT2D eigenvalue weighted by atomic mass is 79.9. The lowest BCUT2D eigenvalue weighted by Crippen LogP contribution is -2.15. The second-order valence-corrected chi connectivity index (χ2v) is 8.65. The number of H-pyrrole nitrogens is 1. The zero-order chi connectivity index (χ0) is 20.7. The number of aromatic amines is 1. The summed E-state index contributed by atoms with van der Waals surface area (Å²) in [6, 6.07) is 15.1. The first-order chi connectivity index (χ1) is 14.6. The van der Waals surface area contributed by atoms with E-state index in [0.717, 1.165) is 21.2 Å². The molecule has 0 saturated heterocycles. The van der Waals surface area contributed by atoms with Crippen molar-refractivity contribution in [1.29, 1.82) is 0 Å². The van der Waals surface area contributed by atoms with Gasteiger partial charge in [-0.2, -0.15) is 4.80 Å². The fourth-order valence-electron chi connectivity index (χ4n) is 3.10. The van der Waals surface area contributed by atoms with E-state index < -0.39 is 0 Å². The number of benzene rings is 2.